The number of methoxy groups -OCH3 is 1. The molecule has 17 heavy (non-hydrogen) atoms. The van der Waals surface area contributed by atoms with Crippen LogP contribution in [0.3, 0.4) is 0 Å². The molecule has 0 bridgehead atoms. The van der Waals surface area contributed by atoms with Crippen molar-refractivity contribution in [1.29, 1.82) is 0 Å². The van der Waals surface area contributed by atoms with E-state index in [2.05, 4.69) is 23.6 Å². The molecule has 0 aliphatic heterocycles. The maximum atomic E-state index is 5.67. The van der Waals surface area contributed by atoms with Crippen molar-refractivity contribution in [3.8, 4) is 0 Å². The van der Waals surface area contributed by atoms with Gasteiger partial charge in [0.15, 0.2) is 0 Å². The number of hydrogen-bond donors (Lipinski definition) is 2. The van der Waals surface area contributed by atoms with Gasteiger partial charge in [0.1, 0.15) is 0 Å². The van der Waals surface area contributed by atoms with E-state index >= 15 is 0 Å². The topological polar surface area (TPSA) is 65.1 Å². The fourth-order valence-electron chi connectivity index (χ4n) is 2.54. The van der Waals surface area contributed by atoms with Gasteiger partial charge in [0, 0.05) is 19.9 Å². The lowest BCUT2D eigenvalue weighted by molar-refractivity contribution is -0.0982. The fraction of sp³-hybridized carbons (Fsp3) is 0.750. The molecule has 0 aromatic carbocycles. The molecule has 1 fully saturated rings. The van der Waals surface area contributed by atoms with Crippen molar-refractivity contribution in [1.82, 2.24) is 15.2 Å². The lowest BCUT2D eigenvalue weighted by Crippen LogP contribution is -2.59. The smallest absolute Gasteiger partial charge is 0.0847 e. The molecule has 5 heteroatoms. The van der Waals surface area contributed by atoms with Crippen molar-refractivity contribution in [2.75, 3.05) is 7.11 Å². The highest BCUT2D eigenvalue weighted by Gasteiger charge is 2.44. The first-order chi connectivity index (χ1) is 8.24. The Bertz CT molecular complexity index is 354. The highest BCUT2D eigenvalue weighted by Crippen LogP contribution is 2.38. The highest BCUT2D eigenvalue weighted by molar-refractivity contribution is 5.11. The first kappa shape index (κ1) is 12.5. The van der Waals surface area contributed by atoms with Crippen molar-refractivity contribution in [3.63, 3.8) is 0 Å². The third-order valence-electron chi connectivity index (χ3n) is 3.89. The summed E-state index contributed by atoms with van der Waals surface area (Å²) < 4.78 is 7.60. The normalized spacial score (nSPS) is 19.9. The number of aromatic nitrogens is 2. The number of nitrogens with two attached hydrogens (primary N) is 1. The van der Waals surface area contributed by atoms with Gasteiger partial charge in [-0.3, -0.25) is 16.0 Å². The predicted molar refractivity (Wildman–Crippen MR) is 66.3 cm³/mol. The Morgan fingerprint density at radius 2 is 2.41 bits per heavy atom. The van der Waals surface area contributed by atoms with Crippen molar-refractivity contribution in [3.05, 3.63) is 18.0 Å². The van der Waals surface area contributed by atoms with E-state index in [0.717, 1.165) is 25.8 Å². The second kappa shape index (κ2) is 5.16. The minimum atomic E-state index is -0.0803. The quantitative estimate of drug-likeness (QED) is 0.569. The van der Waals surface area contributed by atoms with E-state index in [1.807, 2.05) is 10.9 Å². The van der Waals surface area contributed by atoms with Gasteiger partial charge in [0.25, 0.3) is 0 Å². The van der Waals surface area contributed by atoms with Crippen molar-refractivity contribution >= 4 is 0 Å². The maximum absolute atomic E-state index is 5.67. The van der Waals surface area contributed by atoms with Crippen LogP contribution in [0.1, 0.15) is 31.7 Å². The summed E-state index contributed by atoms with van der Waals surface area (Å²) in [5, 5.41) is 4.28. The van der Waals surface area contributed by atoms with Crippen LogP contribution < -0.4 is 11.3 Å². The summed E-state index contributed by atoms with van der Waals surface area (Å²) in [5.41, 5.74) is 4.04. The SMILES string of the molecule is CCn1cc(CC(NN)C2(OC)CCC2)cn1. The van der Waals surface area contributed by atoms with E-state index in [-0.39, 0.29) is 11.6 Å². The van der Waals surface area contributed by atoms with Crippen LogP contribution in [0.4, 0.5) is 0 Å². The Kier molecular flexibility index (Phi) is 3.81. The van der Waals surface area contributed by atoms with E-state index in [1.165, 1.54) is 12.0 Å². The Morgan fingerprint density at radius 1 is 1.65 bits per heavy atom. The summed E-state index contributed by atoms with van der Waals surface area (Å²) in [4.78, 5) is 0. The zero-order valence-electron chi connectivity index (χ0n) is 10.6. The highest BCUT2D eigenvalue weighted by atomic mass is 16.5. The summed E-state index contributed by atoms with van der Waals surface area (Å²) >= 11 is 0. The Hall–Kier alpha value is -0.910. The van der Waals surface area contributed by atoms with Crippen LogP contribution in [0.25, 0.3) is 0 Å². The molecule has 2 rings (SSSR count). The molecule has 0 radical (unpaired) electrons. The second-order valence-electron chi connectivity index (χ2n) is 4.75. The third-order valence-corrected chi connectivity index (χ3v) is 3.89. The van der Waals surface area contributed by atoms with Gasteiger partial charge in [0.2, 0.25) is 0 Å². The monoisotopic (exact) mass is 238 g/mol. The van der Waals surface area contributed by atoms with E-state index in [1.54, 1.807) is 7.11 Å². The summed E-state index contributed by atoms with van der Waals surface area (Å²) in [6, 6.07) is 0.163. The molecule has 1 atom stereocenters. The molecule has 1 aromatic heterocycles. The molecular formula is C12H22N4O. The number of ether oxygens (including phenoxy) is 1. The Balaban J connectivity index is 2.04. The first-order valence-corrected chi connectivity index (χ1v) is 6.26. The van der Waals surface area contributed by atoms with Crippen LogP contribution >= 0.6 is 0 Å². The molecule has 0 spiro atoms. The summed E-state index contributed by atoms with van der Waals surface area (Å²) in [6.07, 6.45) is 8.24. The number of hydrazine groups is 1. The Labute approximate surface area is 102 Å². The molecule has 1 saturated carbocycles. The van der Waals surface area contributed by atoms with Crippen molar-refractivity contribution in [2.24, 2.45) is 5.84 Å². The van der Waals surface area contributed by atoms with Crippen LogP contribution in [0.5, 0.6) is 0 Å². The van der Waals surface area contributed by atoms with Crippen molar-refractivity contribution in [2.45, 2.75) is 50.8 Å². The number of aryl methyl sites for hydroxylation is 1. The number of nitrogens with zero attached hydrogens (tertiary/aromatic N) is 2. The van der Waals surface area contributed by atoms with Crippen LogP contribution in [-0.4, -0.2) is 28.5 Å². The second-order valence-corrected chi connectivity index (χ2v) is 4.75. The number of rotatable bonds is 6. The number of hydrogen-bond acceptors (Lipinski definition) is 4. The van der Waals surface area contributed by atoms with Gasteiger partial charge in [-0.2, -0.15) is 5.10 Å². The lowest BCUT2D eigenvalue weighted by atomic mass is 9.73. The van der Waals surface area contributed by atoms with E-state index < -0.39 is 0 Å². The minimum absolute atomic E-state index is 0.0803. The molecule has 5 nitrogen and oxygen atoms in total. The fourth-order valence-corrected chi connectivity index (χ4v) is 2.54. The summed E-state index contributed by atoms with van der Waals surface area (Å²) in [5.74, 6) is 5.67. The molecular weight excluding hydrogens is 216 g/mol. The molecule has 1 unspecified atom stereocenters. The molecule has 0 saturated heterocycles. The maximum Gasteiger partial charge on any atom is 0.0847 e. The van der Waals surface area contributed by atoms with Crippen LogP contribution in [-0.2, 0) is 17.7 Å². The van der Waals surface area contributed by atoms with Gasteiger partial charge in [-0.1, -0.05) is 0 Å². The molecule has 3 N–H and O–H groups in total. The van der Waals surface area contributed by atoms with Crippen LogP contribution in [0.15, 0.2) is 12.4 Å². The zero-order chi connectivity index (χ0) is 12.3. The van der Waals surface area contributed by atoms with Gasteiger partial charge < -0.3 is 4.74 Å². The molecule has 1 aliphatic rings. The van der Waals surface area contributed by atoms with E-state index in [4.69, 9.17) is 10.6 Å². The molecule has 1 heterocycles. The standard InChI is InChI=1S/C12H22N4O/c1-3-16-9-10(8-14-16)7-11(15-13)12(17-2)5-4-6-12/h8-9,11,15H,3-7,13H2,1-2H3. The van der Waals surface area contributed by atoms with Gasteiger partial charge >= 0.3 is 0 Å². The van der Waals surface area contributed by atoms with Gasteiger partial charge in [-0.05, 0) is 38.2 Å². The Morgan fingerprint density at radius 3 is 2.82 bits per heavy atom. The van der Waals surface area contributed by atoms with Gasteiger partial charge in [0.05, 0.1) is 17.8 Å². The molecule has 1 aliphatic carbocycles. The van der Waals surface area contributed by atoms with Gasteiger partial charge in [-0.15, -0.1) is 0 Å². The van der Waals surface area contributed by atoms with E-state index in [9.17, 15) is 0 Å². The largest absolute Gasteiger partial charge is 0.377 e. The average molecular weight is 238 g/mol. The van der Waals surface area contributed by atoms with E-state index in [0.29, 0.717) is 0 Å². The van der Waals surface area contributed by atoms with Gasteiger partial charge in [-0.25, -0.2) is 0 Å². The minimum Gasteiger partial charge on any atom is -0.377 e. The predicted octanol–water partition coefficient (Wildman–Crippen LogP) is 0.846. The third kappa shape index (κ3) is 2.36. The molecule has 1 aromatic rings. The summed E-state index contributed by atoms with van der Waals surface area (Å²) in [7, 11) is 1.78. The first-order valence-electron chi connectivity index (χ1n) is 6.26. The van der Waals surface area contributed by atoms with Crippen LogP contribution in [0.2, 0.25) is 0 Å². The number of nitrogens with one attached hydrogen (secondary N) is 1. The molecule has 0 amide bonds. The van der Waals surface area contributed by atoms with Crippen LogP contribution in [0, 0.1) is 0 Å². The average Bonchev–Trinajstić information content (AvgIpc) is 2.74. The summed E-state index contributed by atoms with van der Waals surface area (Å²) in [6.45, 7) is 2.98. The zero-order valence-corrected chi connectivity index (χ0v) is 10.6. The van der Waals surface area contributed by atoms with Crippen molar-refractivity contribution < 1.29 is 4.74 Å². The molecule has 96 valence electrons. The lowest BCUT2D eigenvalue weighted by Gasteiger charge is -2.46.